The van der Waals surface area contributed by atoms with E-state index in [1.54, 1.807) is 6.20 Å². The second kappa shape index (κ2) is 6.29. The predicted octanol–water partition coefficient (Wildman–Crippen LogP) is 4.15. The van der Waals surface area contributed by atoms with Crippen LogP contribution in [0.15, 0.2) is 22.8 Å². The summed E-state index contributed by atoms with van der Waals surface area (Å²) in [6, 6.07) is 4.42. The lowest BCUT2D eigenvalue weighted by molar-refractivity contribution is 0.572. The van der Waals surface area contributed by atoms with Crippen LogP contribution in [-0.2, 0) is 7.05 Å². The Hall–Kier alpha value is -0.840. The normalized spacial score (nSPS) is 12.7. The summed E-state index contributed by atoms with van der Waals surface area (Å²) in [6.45, 7) is 7.17. The third kappa shape index (κ3) is 2.92. The van der Waals surface area contributed by atoms with Crippen molar-refractivity contribution in [1.29, 1.82) is 0 Å². The first kappa shape index (κ1) is 15.5. The van der Waals surface area contributed by atoms with Crippen LogP contribution >= 0.6 is 27.5 Å². The Bertz CT molecular complexity index is 579. The molecule has 1 N–H and O–H groups in total. The number of aryl methyl sites for hydroxylation is 3. The van der Waals surface area contributed by atoms with Gasteiger partial charge in [0.1, 0.15) is 0 Å². The number of hydrogen-bond acceptors (Lipinski definition) is 2. The van der Waals surface area contributed by atoms with Gasteiger partial charge < -0.3 is 5.32 Å². The van der Waals surface area contributed by atoms with Crippen molar-refractivity contribution >= 4 is 27.5 Å². The van der Waals surface area contributed by atoms with Gasteiger partial charge in [-0.05, 0) is 37.1 Å². The third-order valence-electron chi connectivity index (χ3n) is 3.41. The monoisotopic (exact) mass is 355 g/mol. The second-order valence-corrected chi connectivity index (χ2v) is 6.16. The van der Waals surface area contributed by atoms with Crippen molar-refractivity contribution in [2.24, 2.45) is 7.05 Å². The molecule has 2 rings (SSSR count). The lowest BCUT2D eigenvalue weighted by Gasteiger charge is -2.21. The number of nitrogens with zero attached hydrogens (tertiary/aromatic N) is 2. The summed E-state index contributed by atoms with van der Waals surface area (Å²) in [5.41, 5.74) is 4.65. The van der Waals surface area contributed by atoms with E-state index >= 15 is 0 Å². The van der Waals surface area contributed by atoms with Gasteiger partial charge in [0.25, 0.3) is 0 Å². The van der Waals surface area contributed by atoms with Crippen LogP contribution < -0.4 is 5.32 Å². The van der Waals surface area contributed by atoms with E-state index in [1.165, 1.54) is 16.7 Å². The van der Waals surface area contributed by atoms with E-state index in [4.69, 9.17) is 11.6 Å². The fraction of sp³-hybridized carbons (Fsp3) is 0.400. The van der Waals surface area contributed by atoms with Crippen molar-refractivity contribution in [2.45, 2.75) is 26.8 Å². The van der Waals surface area contributed by atoms with Gasteiger partial charge in [-0.1, -0.05) is 46.6 Å². The largest absolute Gasteiger partial charge is 0.305 e. The number of nitrogens with one attached hydrogen (secondary N) is 1. The fourth-order valence-electron chi connectivity index (χ4n) is 2.47. The van der Waals surface area contributed by atoms with Crippen molar-refractivity contribution in [1.82, 2.24) is 15.1 Å². The van der Waals surface area contributed by atoms with Gasteiger partial charge >= 0.3 is 0 Å². The molecule has 3 nitrogen and oxygen atoms in total. The molecule has 0 aliphatic carbocycles. The number of benzene rings is 1. The SMILES string of the molecule is CCNC(c1cc(C)c(Br)c(C)c1)c1c(Cl)cnn1C. The molecular formula is C15H19BrClN3. The van der Waals surface area contributed by atoms with E-state index < -0.39 is 0 Å². The summed E-state index contributed by atoms with van der Waals surface area (Å²) >= 11 is 9.92. The molecule has 0 aliphatic heterocycles. The number of halogens is 2. The summed E-state index contributed by atoms with van der Waals surface area (Å²) in [6.07, 6.45) is 1.69. The van der Waals surface area contributed by atoms with E-state index in [-0.39, 0.29) is 6.04 Å². The number of hydrogen-bond donors (Lipinski definition) is 1. The van der Waals surface area contributed by atoms with Gasteiger partial charge in [-0.3, -0.25) is 4.68 Å². The number of aromatic nitrogens is 2. The van der Waals surface area contributed by atoms with Gasteiger partial charge in [0.05, 0.1) is 23.0 Å². The molecule has 1 aromatic heterocycles. The van der Waals surface area contributed by atoms with Crippen LogP contribution in [0.2, 0.25) is 5.02 Å². The van der Waals surface area contributed by atoms with Gasteiger partial charge in [0, 0.05) is 11.5 Å². The molecule has 0 bridgehead atoms. The molecule has 0 saturated carbocycles. The predicted molar refractivity (Wildman–Crippen MR) is 87.4 cm³/mol. The maximum absolute atomic E-state index is 6.30. The minimum absolute atomic E-state index is 0.0468. The summed E-state index contributed by atoms with van der Waals surface area (Å²) in [5.74, 6) is 0. The third-order valence-corrected chi connectivity index (χ3v) is 4.95. The quantitative estimate of drug-likeness (QED) is 0.892. The fourth-order valence-corrected chi connectivity index (χ4v) is 2.97. The van der Waals surface area contributed by atoms with Crippen LogP contribution in [0.25, 0.3) is 0 Å². The second-order valence-electron chi connectivity index (χ2n) is 4.96. The van der Waals surface area contributed by atoms with Crippen LogP contribution in [0, 0.1) is 13.8 Å². The lowest BCUT2D eigenvalue weighted by atomic mass is 9.99. The Morgan fingerprint density at radius 3 is 2.40 bits per heavy atom. The molecule has 2 aromatic rings. The molecule has 0 fully saturated rings. The zero-order chi connectivity index (χ0) is 14.9. The Morgan fingerprint density at radius 1 is 1.35 bits per heavy atom. The van der Waals surface area contributed by atoms with E-state index in [2.05, 4.69) is 59.2 Å². The molecule has 1 heterocycles. The Morgan fingerprint density at radius 2 is 1.95 bits per heavy atom. The van der Waals surface area contributed by atoms with Crippen molar-refractivity contribution < 1.29 is 0 Å². The Kier molecular flexibility index (Phi) is 4.89. The van der Waals surface area contributed by atoms with Crippen molar-refractivity contribution in [3.05, 3.63) is 50.2 Å². The molecule has 1 aromatic carbocycles. The number of rotatable bonds is 4. The van der Waals surface area contributed by atoms with Crippen LogP contribution in [0.4, 0.5) is 0 Å². The van der Waals surface area contributed by atoms with Crippen LogP contribution in [0.1, 0.15) is 35.3 Å². The highest BCUT2D eigenvalue weighted by molar-refractivity contribution is 9.10. The molecule has 0 aliphatic rings. The van der Waals surface area contributed by atoms with E-state index in [0.717, 1.165) is 16.7 Å². The minimum atomic E-state index is 0.0468. The van der Waals surface area contributed by atoms with Crippen molar-refractivity contribution in [2.75, 3.05) is 6.54 Å². The zero-order valence-electron chi connectivity index (χ0n) is 12.2. The highest BCUT2D eigenvalue weighted by Gasteiger charge is 2.21. The first-order valence-electron chi connectivity index (χ1n) is 6.63. The first-order valence-corrected chi connectivity index (χ1v) is 7.80. The maximum atomic E-state index is 6.30. The highest BCUT2D eigenvalue weighted by Crippen LogP contribution is 2.31. The van der Waals surface area contributed by atoms with Gasteiger partial charge in [-0.2, -0.15) is 5.10 Å². The minimum Gasteiger partial charge on any atom is -0.305 e. The lowest BCUT2D eigenvalue weighted by Crippen LogP contribution is -2.24. The van der Waals surface area contributed by atoms with E-state index in [0.29, 0.717) is 5.02 Å². The highest BCUT2D eigenvalue weighted by atomic mass is 79.9. The summed E-state index contributed by atoms with van der Waals surface area (Å²) < 4.78 is 3.00. The topological polar surface area (TPSA) is 29.9 Å². The Labute approximate surface area is 133 Å². The molecule has 0 saturated heterocycles. The zero-order valence-corrected chi connectivity index (χ0v) is 14.5. The summed E-state index contributed by atoms with van der Waals surface area (Å²) in [4.78, 5) is 0. The van der Waals surface area contributed by atoms with Gasteiger partial charge in [0.2, 0.25) is 0 Å². The standard InChI is InChI=1S/C15H19BrClN3/c1-5-18-14(15-12(17)8-19-20(15)4)11-6-9(2)13(16)10(3)7-11/h6-8,14,18H,5H2,1-4H3. The molecule has 0 radical (unpaired) electrons. The summed E-state index contributed by atoms with van der Waals surface area (Å²) in [7, 11) is 1.92. The molecule has 1 unspecified atom stereocenters. The van der Waals surface area contributed by atoms with Gasteiger partial charge in [-0.15, -0.1) is 0 Å². The Balaban J connectivity index is 2.54. The summed E-state index contributed by atoms with van der Waals surface area (Å²) in [5, 5.41) is 8.43. The molecule has 0 spiro atoms. The average molecular weight is 357 g/mol. The van der Waals surface area contributed by atoms with E-state index in [9.17, 15) is 0 Å². The first-order chi connectivity index (χ1) is 9.45. The van der Waals surface area contributed by atoms with Crippen molar-refractivity contribution in [3.63, 3.8) is 0 Å². The van der Waals surface area contributed by atoms with Gasteiger partial charge in [-0.25, -0.2) is 0 Å². The molecule has 20 heavy (non-hydrogen) atoms. The van der Waals surface area contributed by atoms with Gasteiger partial charge in [0.15, 0.2) is 0 Å². The molecule has 1 atom stereocenters. The molecule has 0 amide bonds. The van der Waals surface area contributed by atoms with Crippen LogP contribution in [0.5, 0.6) is 0 Å². The average Bonchev–Trinajstić information content (AvgIpc) is 2.72. The molecular weight excluding hydrogens is 338 g/mol. The van der Waals surface area contributed by atoms with Crippen molar-refractivity contribution in [3.8, 4) is 0 Å². The van der Waals surface area contributed by atoms with E-state index in [1.807, 2.05) is 11.7 Å². The smallest absolute Gasteiger partial charge is 0.0837 e. The van der Waals surface area contributed by atoms with Crippen LogP contribution in [0.3, 0.4) is 0 Å². The maximum Gasteiger partial charge on any atom is 0.0837 e. The van der Waals surface area contributed by atoms with Crippen LogP contribution in [-0.4, -0.2) is 16.3 Å². The molecule has 5 heteroatoms. The molecule has 108 valence electrons.